The molecule has 0 spiro atoms. The molecule has 2 N–H and O–H groups in total. The van der Waals surface area contributed by atoms with E-state index in [4.69, 9.17) is 5.11 Å². The van der Waals surface area contributed by atoms with E-state index in [0.717, 1.165) is 10.6 Å². The predicted molar refractivity (Wildman–Crippen MR) is 69.4 cm³/mol. The van der Waals surface area contributed by atoms with Crippen molar-refractivity contribution in [3.63, 3.8) is 0 Å². The van der Waals surface area contributed by atoms with E-state index in [9.17, 15) is 4.79 Å². The molecule has 0 aliphatic heterocycles. The van der Waals surface area contributed by atoms with Gasteiger partial charge in [-0.3, -0.25) is 9.48 Å². The fourth-order valence-electron chi connectivity index (χ4n) is 1.74. The third-order valence-electron chi connectivity index (χ3n) is 2.72. The average Bonchev–Trinajstić information content (AvgIpc) is 2.95. The fourth-order valence-corrected chi connectivity index (χ4v) is 2.54. The fraction of sp³-hybridized carbons (Fsp3) is 0.333. The Morgan fingerprint density at radius 2 is 2.44 bits per heavy atom. The average molecular weight is 265 g/mol. The van der Waals surface area contributed by atoms with Crippen LogP contribution in [0.25, 0.3) is 0 Å². The van der Waals surface area contributed by atoms with Gasteiger partial charge < -0.3 is 10.4 Å². The number of aromatic nitrogens is 2. The van der Waals surface area contributed by atoms with Crippen molar-refractivity contribution in [2.24, 2.45) is 7.05 Å². The predicted octanol–water partition coefficient (Wildman–Crippen LogP) is 1.79. The maximum atomic E-state index is 10.9. The van der Waals surface area contributed by atoms with Crippen LogP contribution in [-0.4, -0.2) is 20.9 Å². The number of aryl methyl sites for hydroxylation is 1. The van der Waals surface area contributed by atoms with Crippen molar-refractivity contribution in [2.75, 3.05) is 0 Å². The highest BCUT2D eigenvalue weighted by Gasteiger charge is 2.16. The van der Waals surface area contributed by atoms with E-state index in [2.05, 4.69) is 10.4 Å². The van der Waals surface area contributed by atoms with Crippen LogP contribution in [0.4, 0.5) is 0 Å². The molecule has 0 saturated heterocycles. The van der Waals surface area contributed by atoms with Crippen molar-refractivity contribution in [2.45, 2.75) is 19.0 Å². The van der Waals surface area contributed by atoms with E-state index in [1.54, 1.807) is 22.2 Å². The van der Waals surface area contributed by atoms with Gasteiger partial charge in [-0.25, -0.2) is 0 Å². The Labute approximate surface area is 109 Å². The van der Waals surface area contributed by atoms with E-state index in [1.165, 1.54) is 0 Å². The van der Waals surface area contributed by atoms with Crippen molar-refractivity contribution in [3.05, 3.63) is 40.3 Å². The van der Waals surface area contributed by atoms with Gasteiger partial charge in [0, 0.05) is 24.7 Å². The molecule has 2 aromatic rings. The number of carboxylic acids is 1. The molecule has 0 aliphatic carbocycles. The monoisotopic (exact) mass is 265 g/mol. The van der Waals surface area contributed by atoms with Gasteiger partial charge in [0.15, 0.2) is 0 Å². The maximum Gasteiger partial charge on any atom is 0.305 e. The number of rotatable bonds is 6. The van der Waals surface area contributed by atoms with E-state index in [-0.39, 0.29) is 12.5 Å². The molecule has 1 unspecified atom stereocenters. The summed E-state index contributed by atoms with van der Waals surface area (Å²) in [5.74, 6) is -0.800. The van der Waals surface area contributed by atoms with Crippen LogP contribution in [0.3, 0.4) is 0 Å². The zero-order valence-corrected chi connectivity index (χ0v) is 10.9. The van der Waals surface area contributed by atoms with Crippen LogP contribution in [0.15, 0.2) is 29.8 Å². The molecular formula is C12H15N3O2S. The van der Waals surface area contributed by atoms with E-state index in [1.807, 2.05) is 30.6 Å². The molecule has 0 saturated carbocycles. The van der Waals surface area contributed by atoms with Gasteiger partial charge >= 0.3 is 5.97 Å². The minimum atomic E-state index is -0.800. The lowest BCUT2D eigenvalue weighted by molar-refractivity contribution is -0.137. The molecule has 0 aliphatic rings. The summed E-state index contributed by atoms with van der Waals surface area (Å²) < 4.78 is 1.78. The number of aliphatic carboxylic acids is 1. The van der Waals surface area contributed by atoms with E-state index < -0.39 is 5.97 Å². The van der Waals surface area contributed by atoms with Crippen LogP contribution in [0.1, 0.15) is 23.0 Å². The van der Waals surface area contributed by atoms with Gasteiger partial charge in [-0.1, -0.05) is 6.07 Å². The molecular weight excluding hydrogens is 250 g/mol. The smallest absolute Gasteiger partial charge is 0.305 e. The number of carboxylic acid groups (broad SMARTS) is 1. The van der Waals surface area contributed by atoms with Crippen molar-refractivity contribution in [1.82, 2.24) is 15.1 Å². The van der Waals surface area contributed by atoms with E-state index in [0.29, 0.717) is 6.54 Å². The summed E-state index contributed by atoms with van der Waals surface area (Å²) in [5.41, 5.74) is 1.03. The zero-order chi connectivity index (χ0) is 13.0. The number of hydrogen-bond acceptors (Lipinski definition) is 4. The molecule has 2 rings (SSSR count). The van der Waals surface area contributed by atoms with Gasteiger partial charge in [-0.15, -0.1) is 11.3 Å². The number of hydrogen-bond donors (Lipinski definition) is 2. The maximum absolute atomic E-state index is 10.9. The zero-order valence-electron chi connectivity index (χ0n) is 10.0. The van der Waals surface area contributed by atoms with Crippen LogP contribution >= 0.6 is 11.3 Å². The Bertz CT molecular complexity index is 507. The van der Waals surface area contributed by atoms with Gasteiger partial charge in [0.1, 0.15) is 0 Å². The molecule has 6 heteroatoms. The lowest BCUT2D eigenvalue weighted by Crippen LogP contribution is -2.23. The van der Waals surface area contributed by atoms with Gasteiger partial charge in [0.25, 0.3) is 0 Å². The molecule has 0 fully saturated rings. The first kappa shape index (κ1) is 12.8. The van der Waals surface area contributed by atoms with Crippen molar-refractivity contribution in [3.8, 4) is 0 Å². The van der Waals surface area contributed by atoms with Gasteiger partial charge in [0.2, 0.25) is 0 Å². The minimum Gasteiger partial charge on any atom is -0.481 e. The highest BCUT2D eigenvalue weighted by atomic mass is 32.1. The Balaban J connectivity index is 2.02. The van der Waals surface area contributed by atoms with E-state index >= 15 is 0 Å². The van der Waals surface area contributed by atoms with Crippen LogP contribution in [0.2, 0.25) is 0 Å². The van der Waals surface area contributed by atoms with Crippen LogP contribution < -0.4 is 5.32 Å². The first-order chi connectivity index (χ1) is 8.66. The van der Waals surface area contributed by atoms with Crippen LogP contribution in [0.5, 0.6) is 0 Å². The quantitative estimate of drug-likeness (QED) is 0.835. The third kappa shape index (κ3) is 3.18. The van der Waals surface area contributed by atoms with Gasteiger partial charge in [-0.2, -0.15) is 5.10 Å². The molecule has 0 radical (unpaired) electrons. The largest absolute Gasteiger partial charge is 0.481 e. The molecule has 2 heterocycles. The summed E-state index contributed by atoms with van der Waals surface area (Å²) >= 11 is 1.57. The first-order valence-corrected chi connectivity index (χ1v) is 6.50. The summed E-state index contributed by atoms with van der Waals surface area (Å²) in [5, 5.41) is 18.2. The highest BCUT2D eigenvalue weighted by Crippen LogP contribution is 2.22. The number of nitrogens with zero attached hydrogens (tertiary/aromatic N) is 2. The summed E-state index contributed by atoms with van der Waals surface area (Å²) in [4.78, 5) is 11.9. The second-order valence-electron chi connectivity index (χ2n) is 3.99. The lowest BCUT2D eigenvalue weighted by atomic mass is 10.1. The first-order valence-electron chi connectivity index (χ1n) is 5.62. The molecule has 0 aromatic carbocycles. The SMILES string of the molecule is Cn1nccc1CNC(CC(=O)O)c1cccs1. The van der Waals surface area contributed by atoms with Gasteiger partial charge in [0.05, 0.1) is 18.2 Å². The summed E-state index contributed by atoms with van der Waals surface area (Å²) in [7, 11) is 1.87. The Morgan fingerprint density at radius 3 is 3.00 bits per heavy atom. The molecule has 18 heavy (non-hydrogen) atoms. The summed E-state index contributed by atoms with van der Waals surface area (Å²) in [6.07, 6.45) is 1.81. The molecule has 0 amide bonds. The van der Waals surface area contributed by atoms with Gasteiger partial charge in [-0.05, 0) is 17.5 Å². The Morgan fingerprint density at radius 1 is 1.61 bits per heavy atom. The Hall–Kier alpha value is -1.66. The number of nitrogens with one attached hydrogen (secondary N) is 1. The second kappa shape index (κ2) is 5.79. The van der Waals surface area contributed by atoms with Crippen LogP contribution in [-0.2, 0) is 18.4 Å². The topological polar surface area (TPSA) is 67.2 Å². The summed E-state index contributed by atoms with van der Waals surface area (Å²) in [6, 6.07) is 5.64. The standard InChI is InChI=1S/C12H15N3O2S/c1-15-9(4-5-14-15)8-13-10(7-12(16)17)11-3-2-6-18-11/h2-6,10,13H,7-8H2,1H3,(H,16,17). The molecule has 5 nitrogen and oxygen atoms in total. The van der Waals surface area contributed by atoms with Crippen molar-refractivity contribution >= 4 is 17.3 Å². The normalized spacial score (nSPS) is 12.5. The number of carbonyl (C=O) groups is 1. The molecule has 0 bridgehead atoms. The Kier molecular flexibility index (Phi) is 4.11. The third-order valence-corrected chi connectivity index (χ3v) is 3.70. The van der Waals surface area contributed by atoms with Crippen LogP contribution in [0, 0.1) is 0 Å². The van der Waals surface area contributed by atoms with Crippen molar-refractivity contribution < 1.29 is 9.90 Å². The molecule has 2 aromatic heterocycles. The number of thiophene rings is 1. The molecule has 96 valence electrons. The second-order valence-corrected chi connectivity index (χ2v) is 4.97. The minimum absolute atomic E-state index is 0.0817. The van der Waals surface area contributed by atoms with Crippen molar-refractivity contribution in [1.29, 1.82) is 0 Å². The summed E-state index contributed by atoms with van der Waals surface area (Å²) in [6.45, 7) is 0.604. The highest BCUT2D eigenvalue weighted by molar-refractivity contribution is 7.10. The molecule has 1 atom stereocenters. The lowest BCUT2D eigenvalue weighted by Gasteiger charge is -2.15.